The number of hydrogen-bond acceptors (Lipinski definition) is 3. The molecular weight excluding hydrogens is 310 g/mol. The quantitative estimate of drug-likeness (QED) is 0.617. The smallest absolute Gasteiger partial charge is 0.338 e. The molecule has 0 aliphatic heterocycles. The zero-order valence-corrected chi connectivity index (χ0v) is 12.9. The standard InChI is InChI=1S/C14H18BrNO3/c1-10(2)19-14(18)12-4-6-13(7-5-12)16(9-8-15)11(3)17/h4-7,10H,8-9H2,1-3H3. The second kappa shape index (κ2) is 7.28. The highest BCUT2D eigenvalue weighted by molar-refractivity contribution is 9.09. The van der Waals surface area contributed by atoms with Crippen LogP contribution in [0.5, 0.6) is 0 Å². The molecule has 0 radical (unpaired) electrons. The Bertz CT molecular complexity index is 443. The van der Waals surface area contributed by atoms with E-state index in [-0.39, 0.29) is 18.0 Å². The first-order chi connectivity index (χ1) is 8.95. The Morgan fingerprint density at radius 2 is 1.84 bits per heavy atom. The van der Waals surface area contributed by atoms with Gasteiger partial charge in [0, 0.05) is 24.5 Å². The minimum atomic E-state index is -0.351. The second-order valence-corrected chi connectivity index (χ2v) is 5.15. The molecular formula is C14H18BrNO3. The average Bonchev–Trinajstić information content (AvgIpc) is 2.35. The van der Waals surface area contributed by atoms with Crippen LogP contribution < -0.4 is 4.90 Å². The Morgan fingerprint density at radius 1 is 1.26 bits per heavy atom. The lowest BCUT2D eigenvalue weighted by Crippen LogP contribution is -2.30. The summed E-state index contributed by atoms with van der Waals surface area (Å²) in [5, 5.41) is 0.698. The number of benzene rings is 1. The molecule has 1 amide bonds. The lowest BCUT2D eigenvalue weighted by molar-refractivity contribution is -0.116. The fourth-order valence-electron chi connectivity index (χ4n) is 1.61. The third-order valence-electron chi connectivity index (χ3n) is 2.45. The normalized spacial score (nSPS) is 10.4. The molecule has 0 spiro atoms. The molecule has 0 aliphatic rings. The van der Waals surface area contributed by atoms with Gasteiger partial charge in [0.2, 0.25) is 5.91 Å². The summed E-state index contributed by atoms with van der Waals surface area (Å²) >= 11 is 3.31. The number of esters is 1. The monoisotopic (exact) mass is 327 g/mol. The number of rotatable bonds is 5. The number of ether oxygens (including phenoxy) is 1. The van der Waals surface area contributed by atoms with Crippen molar-refractivity contribution in [2.45, 2.75) is 26.9 Å². The predicted octanol–water partition coefficient (Wildman–Crippen LogP) is 3.00. The van der Waals surface area contributed by atoms with Crippen LogP contribution in [0.4, 0.5) is 5.69 Å². The van der Waals surface area contributed by atoms with Gasteiger partial charge < -0.3 is 9.64 Å². The van der Waals surface area contributed by atoms with Crippen LogP contribution in [0, 0.1) is 0 Å². The van der Waals surface area contributed by atoms with Crippen LogP contribution in [-0.4, -0.2) is 29.9 Å². The molecule has 1 aromatic carbocycles. The van der Waals surface area contributed by atoms with Crippen molar-refractivity contribution in [2.75, 3.05) is 16.8 Å². The lowest BCUT2D eigenvalue weighted by atomic mass is 10.2. The molecule has 1 rings (SSSR count). The molecule has 0 aromatic heterocycles. The number of carbonyl (C=O) groups excluding carboxylic acids is 2. The van der Waals surface area contributed by atoms with E-state index in [4.69, 9.17) is 4.74 Å². The van der Waals surface area contributed by atoms with Crippen molar-refractivity contribution >= 4 is 33.5 Å². The first-order valence-electron chi connectivity index (χ1n) is 6.10. The molecule has 0 fully saturated rings. The van der Waals surface area contributed by atoms with Crippen molar-refractivity contribution < 1.29 is 14.3 Å². The summed E-state index contributed by atoms with van der Waals surface area (Å²) in [5.41, 5.74) is 1.26. The Hall–Kier alpha value is -1.36. The first kappa shape index (κ1) is 15.7. The number of halogens is 1. The highest BCUT2D eigenvalue weighted by Gasteiger charge is 2.13. The van der Waals surface area contributed by atoms with Gasteiger partial charge in [-0.05, 0) is 38.1 Å². The third-order valence-corrected chi connectivity index (χ3v) is 2.80. The average molecular weight is 328 g/mol. The third kappa shape index (κ3) is 4.67. The van der Waals surface area contributed by atoms with Gasteiger partial charge in [0.15, 0.2) is 0 Å². The van der Waals surface area contributed by atoms with Gasteiger partial charge in [-0.3, -0.25) is 4.79 Å². The van der Waals surface area contributed by atoms with Crippen molar-refractivity contribution in [3.8, 4) is 0 Å². The van der Waals surface area contributed by atoms with Gasteiger partial charge in [0.05, 0.1) is 11.7 Å². The fourth-order valence-corrected chi connectivity index (χ4v) is 1.97. The number of anilines is 1. The van der Waals surface area contributed by atoms with E-state index in [1.807, 2.05) is 0 Å². The Balaban J connectivity index is 2.85. The molecule has 0 N–H and O–H groups in total. The number of hydrogen-bond donors (Lipinski definition) is 0. The van der Waals surface area contributed by atoms with Crippen molar-refractivity contribution in [1.29, 1.82) is 0 Å². The summed E-state index contributed by atoms with van der Waals surface area (Å²) in [5.74, 6) is -0.381. The lowest BCUT2D eigenvalue weighted by Gasteiger charge is -2.20. The SMILES string of the molecule is CC(=O)N(CCBr)c1ccc(C(=O)OC(C)C)cc1. The molecule has 5 heteroatoms. The molecule has 0 aliphatic carbocycles. The Labute approximate surface area is 121 Å². The van der Waals surface area contributed by atoms with Crippen molar-refractivity contribution in [3.63, 3.8) is 0 Å². The maximum Gasteiger partial charge on any atom is 0.338 e. The number of nitrogens with zero attached hydrogens (tertiary/aromatic N) is 1. The molecule has 0 bridgehead atoms. The van der Waals surface area contributed by atoms with E-state index in [9.17, 15) is 9.59 Å². The molecule has 4 nitrogen and oxygen atoms in total. The molecule has 0 saturated carbocycles. The van der Waals surface area contributed by atoms with Crippen LogP contribution in [-0.2, 0) is 9.53 Å². The summed E-state index contributed by atoms with van der Waals surface area (Å²) < 4.78 is 5.10. The topological polar surface area (TPSA) is 46.6 Å². The van der Waals surface area contributed by atoms with E-state index >= 15 is 0 Å². The molecule has 0 heterocycles. The maximum absolute atomic E-state index is 11.7. The van der Waals surface area contributed by atoms with E-state index in [0.717, 1.165) is 5.69 Å². The maximum atomic E-state index is 11.7. The highest BCUT2D eigenvalue weighted by Crippen LogP contribution is 2.16. The largest absolute Gasteiger partial charge is 0.459 e. The molecule has 0 unspecified atom stereocenters. The van der Waals surface area contributed by atoms with Gasteiger partial charge >= 0.3 is 5.97 Å². The second-order valence-electron chi connectivity index (χ2n) is 4.36. The highest BCUT2D eigenvalue weighted by atomic mass is 79.9. The summed E-state index contributed by atoms with van der Waals surface area (Å²) in [6, 6.07) is 6.84. The van der Waals surface area contributed by atoms with Gasteiger partial charge in [0.25, 0.3) is 0 Å². The van der Waals surface area contributed by atoms with E-state index in [1.165, 1.54) is 6.92 Å². The van der Waals surface area contributed by atoms with E-state index in [2.05, 4.69) is 15.9 Å². The Kier molecular flexibility index (Phi) is 6.02. The van der Waals surface area contributed by atoms with Gasteiger partial charge in [-0.2, -0.15) is 0 Å². The van der Waals surface area contributed by atoms with Gasteiger partial charge in [0.1, 0.15) is 0 Å². The number of alkyl halides is 1. The van der Waals surface area contributed by atoms with E-state index in [1.54, 1.807) is 43.0 Å². The van der Waals surface area contributed by atoms with Gasteiger partial charge in [-0.25, -0.2) is 4.79 Å². The van der Waals surface area contributed by atoms with E-state index < -0.39 is 0 Å². The van der Waals surface area contributed by atoms with Crippen LogP contribution in [0.1, 0.15) is 31.1 Å². The minimum Gasteiger partial charge on any atom is -0.459 e. The van der Waals surface area contributed by atoms with Crippen molar-refractivity contribution in [1.82, 2.24) is 0 Å². The Morgan fingerprint density at radius 3 is 2.26 bits per heavy atom. The summed E-state index contributed by atoms with van der Waals surface area (Å²) in [7, 11) is 0. The van der Waals surface area contributed by atoms with Crippen molar-refractivity contribution in [3.05, 3.63) is 29.8 Å². The molecule has 0 atom stereocenters. The number of amides is 1. The fraction of sp³-hybridized carbons (Fsp3) is 0.429. The van der Waals surface area contributed by atoms with Crippen LogP contribution in [0.2, 0.25) is 0 Å². The summed E-state index contributed by atoms with van der Waals surface area (Å²) in [4.78, 5) is 24.8. The van der Waals surface area contributed by atoms with Crippen molar-refractivity contribution in [2.24, 2.45) is 0 Å². The minimum absolute atomic E-state index is 0.0306. The molecule has 1 aromatic rings. The van der Waals surface area contributed by atoms with Crippen LogP contribution in [0.3, 0.4) is 0 Å². The zero-order chi connectivity index (χ0) is 14.4. The first-order valence-corrected chi connectivity index (χ1v) is 7.23. The van der Waals surface area contributed by atoms with Gasteiger partial charge in [-0.1, -0.05) is 15.9 Å². The van der Waals surface area contributed by atoms with Crippen LogP contribution >= 0.6 is 15.9 Å². The van der Waals surface area contributed by atoms with E-state index in [0.29, 0.717) is 17.4 Å². The molecule has 104 valence electrons. The number of carbonyl (C=O) groups is 2. The summed E-state index contributed by atoms with van der Waals surface area (Å²) in [6.07, 6.45) is -0.144. The predicted molar refractivity (Wildman–Crippen MR) is 78.8 cm³/mol. The molecule has 0 saturated heterocycles. The summed E-state index contributed by atoms with van der Waals surface area (Å²) in [6.45, 7) is 5.72. The molecule has 19 heavy (non-hydrogen) atoms. The van der Waals surface area contributed by atoms with Crippen LogP contribution in [0.25, 0.3) is 0 Å². The zero-order valence-electron chi connectivity index (χ0n) is 11.4. The van der Waals surface area contributed by atoms with Gasteiger partial charge in [-0.15, -0.1) is 0 Å². The van der Waals surface area contributed by atoms with Crippen LogP contribution in [0.15, 0.2) is 24.3 Å².